The lowest BCUT2D eigenvalue weighted by Gasteiger charge is -2.06. The van der Waals surface area contributed by atoms with E-state index in [9.17, 15) is 9.59 Å². The first-order valence-corrected chi connectivity index (χ1v) is 5.27. The maximum Gasteiger partial charge on any atom is 0.266 e. The van der Waals surface area contributed by atoms with Crippen LogP contribution in [0.1, 0.15) is 48.3 Å². The zero-order valence-corrected chi connectivity index (χ0v) is 9.46. The molecule has 84 valence electrons. The maximum absolute atomic E-state index is 11.4. The smallest absolute Gasteiger partial charge is 0.266 e. The van der Waals surface area contributed by atoms with Crippen LogP contribution in [0.15, 0.2) is 10.9 Å². The van der Waals surface area contributed by atoms with Gasteiger partial charge in [0.2, 0.25) is 0 Å². The van der Waals surface area contributed by atoms with Crippen molar-refractivity contribution in [2.45, 2.75) is 33.1 Å². The molecule has 16 heavy (non-hydrogen) atoms. The lowest BCUT2D eigenvalue weighted by molar-refractivity contribution is 0.101. The van der Waals surface area contributed by atoms with E-state index in [0.717, 1.165) is 12.8 Å². The molecule has 0 atom stereocenters. The van der Waals surface area contributed by atoms with Crippen LogP contribution in [0, 0.1) is 11.3 Å². The lowest BCUT2D eigenvalue weighted by atomic mass is 10.0. The number of nitriles is 1. The van der Waals surface area contributed by atoms with Gasteiger partial charge in [0.25, 0.3) is 5.56 Å². The summed E-state index contributed by atoms with van der Waals surface area (Å²) in [7, 11) is 0. The summed E-state index contributed by atoms with van der Waals surface area (Å²) in [5.41, 5.74) is 0.659. The second-order valence-electron chi connectivity index (χ2n) is 3.68. The van der Waals surface area contributed by atoms with Crippen LogP contribution in [-0.2, 0) is 6.42 Å². The summed E-state index contributed by atoms with van der Waals surface area (Å²) >= 11 is 0. The Kier molecular flexibility index (Phi) is 4.01. The molecule has 1 aromatic rings. The number of Topliss-reactive ketones (excluding diaryl/α,β-unsaturated/α-hetero) is 1. The average molecular weight is 218 g/mol. The van der Waals surface area contributed by atoms with Crippen molar-refractivity contribution in [3.8, 4) is 6.07 Å². The highest BCUT2D eigenvalue weighted by Gasteiger charge is 2.11. The molecule has 0 aliphatic rings. The Labute approximate surface area is 93.9 Å². The van der Waals surface area contributed by atoms with Gasteiger partial charge in [-0.25, -0.2) is 0 Å². The van der Waals surface area contributed by atoms with Crippen LogP contribution in [0.3, 0.4) is 0 Å². The van der Waals surface area contributed by atoms with Crippen molar-refractivity contribution in [2.24, 2.45) is 0 Å². The molecule has 0 saturated carbocycles. The van der Waals surface area contributed by atoms with Gasteiger partial charge in [-0.15, -0.1) is 0 Å². The van der Waals surface area contributed by atoms with Gasteiger partial charge in [0.15, 0.2) is 5.78 Å². The van der Waals surface area contributed by atoms with Gasteiger partial charge in [0.05, 0.1) is 0 Å². The van der Waals surface area contributed by atoms with Gasteiger partial charge in [0, 0.05) is 11.3 Å². The molecule has 0 aromatic carbocycles. The SMILES string of the molecule is CCCCc1[nH]c(=O)c(C#N)cc1C(C)=O. The van der Waals surface area contributed by atoms with Crippen LogP contribution >= 0.6 is 0 Å². The van der Waals surface area contributed by atoms with Gasteiger partial charge >= 0.3 is 0 Å². The van der Waals surface area contributed by atoms with Crippen LogP contribution in [0.25, 0.3) is 0 Å². The van der Waals surface area contributed by atoms with Crippen LogP contribution in [0.4, 0.5) is 0 Å². The first-order valence-electron chi connectivity index (χ1n) is 5.27. The Hall–Kier alpha value is -1.89. The number of carbonyl (C=O) groups excluding carboxylic acids is 1. The minimum Gasteiger partial charge on any atom is -0.324 e. The standard InChI is InChI=1S/C12H14N2O2/c1-3-4-5-11-10(8(2)15)6-9(7-13)12(16)14-11/h6H,3-5H2,1-2H3,(H,14,16). The van der Waals surface area contributed by atoms with Gasteiger partial charge in [0.1, 0.15) is 11.6 Å². The van der Waals surface area contributed by atoms with Gasteiger partial charge in [-0.3, -0.25) is 9.59 Å². The number of hydrogen-bond donors (Lipinski definition) is 1. The largest absolute Gasteiger partial charge is 0.324 e. The first kappa shape index (κ1) is 12.2. The third kappa shape index (κ3) is 2.57. The van der Waals surface area contributed by atoms with E-state index in [-0.39, 0.29) is 11.3 Å². The molecule has 0 spiro atoms. The van der Waals surface area contributed by atoms with Crippen molar-refractivity contribution in [3.05, 3.63) is 33.2 Å². The molecule has 0 amide bonds. The second kappa shape index (κ2) is 5.26. The number of hydrogen-bond acceptors (Lipinski definition) is 3. The molecule has 1 heterocycles. The van der Waals surface area contributed by atoms with Crippen LogP contribution in [-0.4, -0.2) is 10.8 Å². The highest BCUT2D eigenvalue weighted by Crippen LogP contribution is 2.10. The van der Waals surface area contributed by atoms with E-state index in [2.05, 4.69) is 4.98 Å². The fourth-order valence-corrected chi connectivity index (χ4v) is 1.52. The Bertz CT molecular complexity index is 495. The van der Waals surface area contributed by atoms with Crippen LogP contribution in [0.5, 0.6) is 0 Å². The van der Waals surface area contributed by atoms with E-state index >= 15 is 0 Å². The van der Waals surface area contributed by atoms with Crippen molar-refractivity contribution >= 4 is 5.78 Å². The fraction of sp³-hybridized carbons (Fsp3) is 0.417. The Morgan fingerprint density at radius 3 is 2.75 bits per heavy atom. The van der Waals surface area contributed by atoms with Gasteiger partial charge in [-0.05, 0) is 25.8 Å². The predicted molar refractivity (Wildman–Crippen MR) is 60.4 cm³/mol. The number of carbonyl (C=O) groups is 1. The molecule has 0 saturated heterocycles. The molecule has 1 aromatic heterocycles. The average Bonchev–Trinajstić information content (AvgIpc) is 2.25. The first-order chi connectivity index (χ1) is 7.60. The maximum atomic E-state index is 11.4. The van der Waals surface area contributed by atoms with E-state index in [4.69, 9.17) is 5.26 Å². The van der Waals surface area contributed by atoms with Crippen molar-refractivity contribution in [1.29, 1.82) is 5.26 Å². The Morgan fingerprint density at radius 1 is 1.56 bits per heavy atom. The summed E-state index contributed by atoms with van der Waals surface area (Å²) in [5, 5.41) is 8.71. The molecular formula is C12H14N2O2. The number of nitrogens with zero attached hydrogens (tertiary/aromatic N) is 1. The molecular weight excluding hydrogens is 204 g/mol. The molecule has 0 fully saturated rings. The Balaban J connectivity index is 3.26. The number of aryl methyl sites for hydroxylation is 1. The fourth-order valence-electron chi connectivity index (χ4n) is 1.52. The lowest BCUT2D eigenvalue weighted by Crippen LogP contribution is -2.16. The molecule has 4 heteroatoms. The minimum atomic E-state index is -0.418. The number of aromatic nitrogens is 1. The number of rotatable bonds is 4. The molecule has 1 rings (SSSR count). The number of nitrogens with one attached hydrogen (secondary N) is 1. The number of ketones is 1. The summed E-state index contributed by atoms with van der Waals surface area (Å²) in [5.74, 6) is -0.126. The third-order valence-electron chi connectivity index (χ3n) is 2.40. The summed E-state index contributed by atoms with van der Waals surface area (Å²) in [6, 6.07) is 3.16. The van der Waals surface area contributed by atoms with E-state index in [1.54, 1.807) is 6.07 Å². The summed E-state index contributed by atoms with van der Waals surface area (Å²) < 4.78 is 0. The third-order valence-corrected chi connectivity index (χ3v) is 2.40. The number of pyridine rings is 1. The van der Waals surface area contributed by atoms with E-state index in [1.807, 2.05) is 6.92 Å². The van der Waals surface area contributed by atoms with Crippen LogP contribution < -0.4 is 5.56 Å². The van der Waals surface area contributed by atoms with Crippen molar-refractivity contribution in [2.75, 3.05) is 0 Å². The topological polar surface area (TPSA) is 73.7 Å². The Morgan fingerprint density at radius 2 is 2.25 bits per heavy atom. The summed E-state index contributed by atoms with van der Waals surface area (Å²) in [6.45, 7) is 3.47. The molecule has 0 aliphatic carbocycles. The number of unbranched alkanes of at least 4 members (excludes halogenated alkanes) is 1. The quantitative estimate of drug-likeness (QED) is 0.783. The van der Waals surface area contributed by atoms with Gasteiger partial charge in [-0.1, -0.05) is 13.3 Å². The van der Waals surface area contributed by atoms with Crippen molar-refractivity contribution in [1.82, 2.24) is 4.98 Å². The zero-order chi connectivity index (χ0) is 12.1. The molecule has 1 N–H and O–H groups in total. The minimum absolute atomic E-state index is 0.00884. The normalized spacial score (nSPS) is 9.81. The van der Waals surface area contributed by atoms with E-state index in [1.165, 1.54) is 13.0 Å². The van der Waals surface area contributed by atoms with Crippen LogP contribution in [0.2, 0.25) is 0 Å². The predicted octanol–water partition coefficient (Wildman–Crippen LogP) is 1.79. The molecule has 0 unspecified atom stereocenters. The second-order valence-corrected chi connectivity index (χ2v) is 3.68. The highest BCUT2D eigenvalue weighted by atomic mass is 16.1. The number of H-pyrrole nitrogens is 1. The monoisotopic (exact) mass is 218 g/mol. The molecule has 4 nitrogen and oxygen atoms in total. The summed E-state index contributed by atoms with van der Waals surface area (Å²) in [6.07, 6.45) is 2.55. The van der Waals surface area contributed by atoms with Crippen molar-refractivity contribution < 1.29 is 4.79 Å². The number of aromatic amines is 1. The van der Waals surface area contributed by atoms with Gasteiger partial charge < -0.3 is 4.98 Å². The van der Waals surface area contributed by atoms with Gasteiger partial charge in [-0.2, -0.15) is 5.26 Å². The van der Waals surface area contributed by atoms with Crippen molar-refractivity contribution in [3.63, 3.8) is 0 Å². The highest BCUT2D eigenvalue weighted by molar-refractivity contribution is 5.95. The molecule has 0 bridgehead atoms. The summed E-state index contributed by atoms with van der Waals surface area (Å²) in [4.78, 5) is 25.4. The molecule has 0 radical (unpaired) electrons. The zero-order valence-electron chi connectivity index (χ0n) is 9.46. The molecule has 0 aliphatic heterocycles. The van der Waals surface area contributed by atoms with E-state index in [0.29, 0.717) is 17.7 Å². The van der Waals surface area contributed by atoms with E-state index < -0.39 is 5.56 Å².